The first kappa shape index (κ1) is 33.9. The second-order valence-corrected chi connectivity index (χ2v) is 15.6. The van der Waals surface area contributed by atoms with Crippen molar-refractivity contribution in [2.45, 2.75) is 87.1 Å². The van der Waals surface area contributed by atoms with Crippen LogP contribution < -0.4 is 5.32 Å². The van der Waals surface area contributed by atoms with E-state index in [-0.39, 0.29) is 53.4 Å². The van der Waals surface area contributed by atoms with E-state index in [2.05, 4.69) is 22.1 Å². The summed E-state index contributed by atoms with van der Waals surface area (Å²) in [7, 11) is 5.05. The molecule has 1 unspecified atom stereocenters. The maximum Gasteiger partial charge on any atom is 0.340 e. The number of rotatable bonds is 9. The van der Waals surface area contributed by atoms with Crippen molar-refractivity contribution in [3.05, 3.63) is 65.5 Å². The van der Waals surface area contributed by atoms with E-state index in [1.807, 2.05) is 12.1 Å². The Morgan fingerprint density at radius 3 is 2.50 bits per heavy atom. The standard InChI is InChI=1S/C39H49N3O8/c1-6-42-21-36(50-35(44)24-9-7-8-10-27(24)41-34(43)22(2)17-23-12-15-40-16-13-23)14-11-31(48-4)38-29(36)19-26(32(38)42)37(45)20-28(47-3)25-18-30(38)39(37,46)33(25)49-5/h7-10,12-13,15-17,25-26,28-33,45-46H,6,11,14,18-21H2,1-5H3,(H,41,43)/b22-17+/t25-,26-,28+,29-,30+,31+,32?,33+,36-,37+,38+,39+/m1/s1. The van der Waals surface area contributed by atoms with E-state index in [9.17, 15) is 19.8 Å². The minimum Gasteiger partial charge on any atom is -0.454 e. The molecule has 1 aromatic heterocycles. The first-order valence-electron chi connectivity index (χ1n) is 18.0. The summed E-state index contributed by atoms with van der Waals surface area (Å²) in [6.45, 7) is 5.05. The molecule has 1 spiro atoms. The van der Waals surface area contributed by atoms with Crippen LogP contribution in [-0.2, 0) is 23.7 Å². The molecule has 6 fully saturated rings. The lowest BCUT2D eigenvalue weighted by atomic mass is 9.44. The average molecular weight is 688 g/mol. The van der Waals surface area contributed by atoms with Crippen LogP contribution in [0.4, 0.5) is 5.69 Å². The van der Waals surface area contributed by atoms with E-state index in [0.717, 1.165) is 5.56 Å². The molecule has 7 bridgehead atoms. The van der Waals surface area contributed by atoms with Crippen LogP contribution in [0.15, 0.2) is 54.4 Å². The fraction of sp³-hybridized carbons (Fsp3) is 0.615. The Morgan fingerprint density at radius 2 is 1.80 bits per heavy atom. The first-order chi connectivity index (χ1) is 24.0. The maximum absolute atomic E-state index is 14.5. The monoisotopic (exact) mass is 687 g/mol. The SMILES string of the molecule is CCN1C[C@]2(OC(=O)c3ccccc3NC(=O)/C(C)=C/c3ccncc3)CC[C@H](OC)[C@]34C1[C@@H](C[C@H]23)[C@@]1(O)C[C@H](OC)[C@H]2C[C@@H]4[C@]1(O)[C@H]2OC. The van der Waals surface area contributed by atoms with E-state index in [1.165, 1.54) is 0 Å². The second-order valence-electron chi connectivity index (χ2n) is 15.6. The largest absolute Gasteiger partial charge is 0.454 e. The number of nitrogens with zero attached hydrogens (tertiary/aromatic N) is 2. The van der Waals surface area contributed by atoms with Crippen molar-refractivity contribution < 1.29 is 38.7 Å². The van der Waals surface area contributed by atoms with Crippen LogP contribution in [0.3, 0.4) is 0 Å². The molecule has 50 heavy (non-hydrogen) atoms. The molecule has 1 aliphatic heterocycles. The number of nitrogens with one attached hydrogen (secondary N) is 1. The van der Waals surface area contributed by atoms with E-state index >= 15 is 0 Å². The molecule has 1 aromatic carbocycles. The number of amides is 1. The van der Waals surface area contributed by atoms with Gasteiger partial charge in [-0.1, -0.05) is 19.1 Å². The molecule has 11 heteroatoms. The molecular weight excluding hydrogens is 638 g/mol. The van der Waals surface area contributed by atoms with Gasteiger partial charge in [0, 0.05) is 87.4 Å². The van der Waals surface area contributed by atoms with Crippen molar-refractivity contribution in [3.8, 4) is 0 Å². The number of hydrogen-bond donors (Lipinski definition) is 3. The molecule has 8 rings (SSSR count). The number of benzene rings is 1. The number of hydrogen-bond acceptors (Lipinski definition) is 10. The van der Waals surface area contributed by atoms with E-state index in [4.69, 9.17) is 18.9 Å². The molecule has 1 amide bonds. The Bertz CT molecular complexity index is 1700. The summed E-state index contributed by atoms with van der Waals surface area (Å²) in [5, 5.41) is 28.9. The molecule has 2 aromatic rings. The van der Waals surface area contributed by atoms with Gasteiger partial charge in [0.1, 0.15) is 16.8 Å². The van der Waals surface area contributed by atoms with Gasteiger partial charge in [-0.25, -0.2) is 4.79 Å². The summed E-state index contributed by atoms with van der Waals surface area (Å²) in [6.07, 6.45) is 6.84. The van der Waals surface area contributed by atoms with Crippen molar-refractivity contribution in [1.82, 2.24) is 9.88 Å². The van der Waals surface area contributed by atoms with Gasteiger partial charge in [-0.15, -0.1) is 0 Å². The molecule has 1 saturated heterocycles. The van der Waals surface area contributed by atoms with E-state index < -0.39 is 34.3 Å². The number of ether oxygens (including phenoxy) is 4. The zero-order chi connectivity index (χ0) is 35.2. The molecule has 5 saturated carbocycles. The first-order valence-corrected chi connectivity index (χ1v) is 18.0. The van der Waals surface area contributed by atoms with Crippen LogP contribution in [0, 0.1) is 29.1 Å². The third-order valence-electron chi connectivity index (χ3n) is 14.0. The van der Waals surface area contributed by atoms with Crippen LogP contribution in [0.2, 0.25) is 0 Å². The van der Waals surface area contributed by atoms with Gasteiger partial charge in [-0.05, 0) is 75.1 Å². The Balaban J connectivity index is 1.17. The third kappa shape index (κ3) is 4.28. The topological polar surface area (TPSA) is 140 Å². The number of aromatic nitrogens is 1. The highest BCUT2D eigenvalue weighted by Gasteiger charge is 2.89. The van der Waals surface area contributed by atoms with Crippen LogP contribution in [0.1, 0.15) is 61.9 Å². The zero-order valence-corrected chi connectivity index (χ0v) is 29.5. The van der Waals surface area contributed by atoms with Gasteiger partial charge in [-0.2, -0.15) is 0 Å². The number of para-hydroxylation sites is 1. The zero-order valence-electron chi connectivity index (χ0n) is 29.5. The maximum atomic E-state index is 14.5. The molecule has 5 aliphatic carbocycles. The van der Waals surface area contributed by atoms with Crippen molar-refractivity contribution in [2.24, 2.45) is 29.1 Å². The minimum absolute atomic E-state index is 0.0709. The van der Waals surface area contributed by atoms with Gasteiger partial charge >= 0.3 is 5.97 Å². The molecule has 3 N–H and O–H groups in total. The molecule has 12 atom stereocenters. The summed E-state index contributed by atoms with van der Waals surface area (Å²) in [4.78, 5) is 34.2. The number of fused-ring (bicyclic) bond motifs is 2. The summed E-state index contributed by atoms with van der Waals surface area (Å²) in [5.41, 5.74) is -2.47. The van der Waals surface area contributed by atoms with Gasteiger partial charge < -0.3 is 34.5 Å². The molecule has 11 nitrogen and oxygen atoms in total. The van der Waals surface area contributed by atoms with Gasteiger partial charge in [0.2, 0.25) is 0 Å². The highest BCUT2D eigenvalue weighted by atomic mass is 16.6. The molecule has 0 radical (unpaired) electrons. The highest BCUT2D eigenvalue weighted by Crippen LogP contribution is 2.79. The fourth-order valence-corrected chi connectivity index (χ4v) is 12.4. The number of carbonyl (C=O) groups is 2. The molecule has 268 valence electrons. The number of esters is 1. The van der Waals surface area contributed by atoms with Crippen molar-refractivity contribution in [2.75, 3.05) is 39.7 Å². The Kier molecular flexibility index (Phi) is 8.09. The van der Waals surface area contributed by atoms with E-state index in [0.29, 0.717) is 56.5 Å². The predicted octanol–water partition coefficient (Wildman–Crippen LogP) is 3.70. The molecule has 6 aliphatic rings. The Labute approximate surface area is 293 Å². The van der Waals surface area contributed by atoms with Crippen molar-refractivity contribution in [3.63, 3.8) is 0 Å². The summed E-state index contributed by atoms with van der Waals surface area (Å²) < 4.78 is 25.3. The summed E-state index contributed by atoms with van der Waals surface area (Å²) in [6, 6.07) is 10.5. The lowest BCUT2D eigenvalue weighted by Crippen LogP contribution is -2.83. The number of likely N-dealkylation sites (N-methyl/N-ethyl adjacent to an activating group) is 1. The lowest BCUT2D eigenvalue weighted by Gasteiger charge is -2.70. The van der Waals surface area contributed by atoms with Crippen LogP contribution in [-0.4, -0.2) is 108 Å². The number of pyridine rings is 1. The number of likely N-dealkylation sites (tertiary alicyclic amines) is 1. The highest BCUT2D eigenvalue weighted by molar-refractivity contribution is 6.09. The Morgan fingerprint density at radius 1 is 1.04 bits per heavy atom. The number of aliphatic hydroxyl groups is 2. The van der Waals surface area contributed by atoms with Crippen molar-refractivity contribution >= 4 is 23.6 Å². The van der Waals surface area contributed by atoms with Crippen molar-refractivity contribution in [1.29, 1.82) is 0 Å². The van der Waals surface area contributed by atoms with Gasteiger partial charge in [0.15, 0.2) is 0 Å². The minimum atomic E-state index is -1.50. The van der Waals surface area contributed by atoms with Crippen LogP contribution >= 0.6 is 0 Å². The number of anilines is 1. The van der Waals surface area contributed by atoms with Gasteiger partial charge in [0.25, 0.3) is 5.91 Å². The smallest absolute Gasteiger partial charge is 0.340 e. The summed E-state index contributed by atoms with van der Waals surface area (Å²) >= 11 is 0. The normalized spacial score (nSPS) is 42.7. The third-order valence-corrected chi connectivity index (χ3v) is 14.0. The Hall–Kier alpha value is -3.19. The number of methoxy groups -OCH3 is 3. The predicted molar refractivity (Wildman–Crippen MR) is 184 cm³/mol. The quantitative estimate of drug-likeness (QED) is 0.264. The van der Waals surface area contributed by atoms with Gasteiger partial charge in [0.05, 0.1) is 29.6 Å². The summed E-state index contributed by atoms with van der Waals surface area (Å²) in [5.74, 6) is -1.75. The van der Waals surface area contributed by atoms with Gasteiger partial charge in [-0.3, -0.25) is 14.7 Å². The fourth-order valence-electron chi connectivity index (χ4n) is 12.4. The lowest BCUT2D eigenvalue weighted by molar-refractivity contribution is -0.337. The second kappa shape index (κ2) is 11.9. The van der Waals surface area contributed by atoms with Crippen LogP contribution in [0.25, 0.3) is 6.08 Å². The average Bonchev–Trinajstić information content (AvgIpc) is 3.55. The van der Waals surface area contributed by atoms with Crippen LogP contribution in [0.5, 0.6) is 0 Å². The van der Waals surface area contributed by atoms with E-state index in [1.54, 1.807) is 71.0 Å². The number of carbonyl (C=O) groups excluding carboxylic acids is 2. The molecule has 2 heterocycles. The molecular formula is C39H49N3O8. The number of piperidine rings is 1.